The molecule has 0 fully saturated rings. The van der Waals surface area contributed by atoms with Crippen molar-refractivity contribution < 1.29 is 0 Å². The number of hydrogen-bond donors (Lipinski definition) is 2. The highest BCUT2D eigenvalue weighted by Gasteiger charge is 1.85. The van der Waals surface area contributed by atoms with Crippen LogP contribution in [0.1, 0.15) is 33.1 Å². The van der Waals surface area contributed by atoms with Gasteiger partial charge in [0, 0.05) is 0 Å². The Morgan fingerprint density at radius 1 is 0.923 bits per heavy atom. The Kier molecular flexibility index (Phi) is 6.79. The number of unbranched alkanes of at least 4 members (excludes halogenated alkanes) is 2. The highest BCUT2D eigenvalue weighted by Crippen LogP contribution is 2.10. The number of rotatable bonds is 2. The summed E-state index contributed by atoms with van der Waals surface area (Å²) < 4.78 is 0. The Bertz CT molecular complexity index is 198. The van der Waals surface area contributed by atoms with Crippen LogP contribution in [0.2, 0.25) is 0 Å². The molecule has 4 N–H and O–H groups in total. The molecule has 0 aliphatic rings. The van der Waals surface area contributed by atoms with Gasteiger partial charge in [0.1, 0.15) is 0 Å². The molecule has 1 aromatic carbocycles. The van der Waals surface area contributed by atoms with Crippen molar-refractivity contribution in [2.45, 2.75) is 33.1 Å². The van der Waals surface area contributed by atoms with Crippen molar-refractivity contribution in [3.05, 3.63) is 24.3 Å². The topological polar surface area (TPSA) is 52.0 Å². The van der Waals surface area contributed by atoms with E-state index in [0.29, 0.717) is 11.4 Å². The second-order valence-electron chi connectivity index (χ2n) is 2.98. The van der Waals surface area contributed by atoms with E-state index in [0.717, 1.165) is 0 Å². The van der Waals surface area contributed by atoms with E-state index in [1.165, 1.54) is 19.3 Å². The molecular weight excluding hydrogens is 160 g/mol. The minimum absolute atomic E-state index is 0.646. The lowest BCUT2D eigenvalue weighted by Crippen LogP contribution is -1.91. The monoisotopic (exact) mass is 180 g/mol. The molecule has 0 saturated carbocycles. The lowest BCUT2D eigenvalue weighted by molar-refractivity contribution is 0.772. The van der Waals surface area contributed by atoms with E-state index in [1.807, 2.05) is 12.1 Å². The van der Waals surface area contributed by atoms with Crippen LogP contribution in [-0.2, 0) is 0 Å². The summed E-state index contributed by atoms with van der Waals surface area (Å²) in [6, 6.07) is 7.25. The molecule has 0 aliphatic heterocycles. The van der Waals surface area contributed by atoms with Gasteiger partial charge in [-0.15, -0.1) is 0 Å². The zero-order valence-corrected chi connectivity index (χ0v) is 8.59. The number of benzene rings is 1. The largest absolute Gasteiger partial charge is 0.397 e. The molecule has 0 atom stereocenters. The molecule has 1 rings (SSSR count). The van der Waals surface area contributed by atoms with Crippen molar-refractivity contribution >= 4 is 11.4 Å². The molecule has 0 unspecified atom stereocenters. The fraction of sp³-hybridized carbons (Fsp3) is 0.455. The van der Waals surface area contributed by atoms with Gasteiger partial charge in [-0.3, -0.25) is 0 Å². The summed E-state index contributed by atoms with van der Waals surface area (Å²) >= 11 is 0. The molecule has 0 bridgehead atoms. The van der Waals surface area contributed by atoms with Gasteiger partial charge in [0.2, 0.25) is 0 Å². The molecule has 0 heterocycles. The van der Waals surface area contributed by atoms with Crippen LogP contribution in [0.5, 0.6) is 0 Å². The fourth-order valence-electron chi connectivity index (χ4n) is 0.864. The second-order valence-corrected chi connectivity index (χ2v) is 2.98. The van der Waals surface area contributed by atoms with Crippen LogP contribution in [0.3, 0.4) is 0 Å². The van der Waals surface area contributed by atoms with E-state index in [2.05, 4.69) is 13.8 Å². The van der Waals surface area contributed by atoms with Crippen molar-refractivity contribution in [2.75, 3.05) is 11.5 Å². The van der Waals surface area contributed by atoms with E-state index in [1.54, 1.807) is 12.1 Å². The van der Waals surface area contributed by atoms with E-state index in [-0.39, 0.29) is 0 Å². The number of anilines is 2. The average Bonchev–Trinajstić information content (AvgIpc) is 2.13. The molecule has 0 spiro atoms. The molecular formula is C11H20N2. The zero-order chi connectivity index (χ0) is 10.1. The third-order valence-electron chi connectivity index (χ3n) is 1.70. The molecule has 0 amide bonds. The first-order chi connectivity index (χ1) is 6.22. The SMILES string of the molecule is CCCCC.Nc1ccccc1N. The first kappa shape index (κ1) is 11.8. The molecule has 2 heteroatoms. The zero-order valence-electron chi connectivity index (χ0n) is 8.59. The summed E-state index contributed by atoms with van der Waals surface area (Å²) in [4.78, 5) is 0. The average molecular weight is 180 g/mol. The van der Waals surface area contributed by atoms with Gasteiger partial charge in [-0.2, -0.15) is 0 Å². The van der Waals surface area contributed by atoms with Gasteiger partial charge in [0.25, 0.3) is 0 Å². The first-order valence-corrected chi connectivity index (χ1v) is 4.82. The molecule has 0 radical (unpaired) electrons. The van der Waals surface area contributed by atoms with Gasteiger partial charge in [0.05, 0.1) is 11.4 Å². The Morgan fingerprint density at radius 3 is 1.46 bits per heavy atom. The number of hydrogen-bond acceptors (Lipinski definition) is 2. The quantitative estimate of drug-likeness (QED) is 0.687. The first-order valence-electron chi connectivity index (χ1n) is 4.82. The van der Waals surface area contributed by atoms with Crippen molar-refractivity contribution in [1.82, 2.24) is 0 Å². The van der Waals surface area contributed by atoms with Gasteiger partial charge in [0.15, 0.2) is 0 Å². The molecule has 0 saturated heterocycles. The molecule has 0 aliphatic carbocycles. The maximum Gasteiger partial charge on any atom is 0.0547 e. The summed E-state index contributed by atoms with van der Waals surface area (Å²) in [5, 5.41) is 0. The van der Waals surface area contributed by atoms with Crippen molar-refractivity contribution in [2.24, 2.45) is 0 Å². The van der Waals surface area contributed by atoms with Crippen LogP contribution >= 0.6 is 0 Å². The predicted octanol–water partition coefficient (Wildman–Crippen LogP) is 3.05. The summed E-state index contributed by atoms with van der Waals surface area (Å²) in [6.07, 6.45) is 4.08. The molecule has 13 heavy (non-hydrogen) atoms. The highest BCUT2D eigenvalue weighted by atomic mass is 14.7. The Hall–Kier alpha value is -1.18. The van der Waals surface area contributed by atoms with Crippen LogP contribution in [-0.4, -0.2) is 0 Å². The van der Waals surface area contributed by atoms with E-state index >= 15 is 0 Å². The lowest BCUT2D eigenvalue weighted by atomic mass is 10.3. The number of nitrogens with two attached hydrogens (primary N) is 2. The standard InChI is InChI=1S/C6H8N2.C5H12/c7-5-3-1-2-4-6(5)8;1-3-5-4-2/h1-4H,7-8H2;3-5H2,1-2H3. The summed E-state index contributed by atoms with van der Waals surface area (Å²) in [5.74, 6) is 0. The van der Waals surface area contributed by atoms with Crippen molar-refractivity contribution in [3.8, 4) is 0 Å². The summed E-state index contributed by atoms with van der Waals surface area (Å²) in [5.41, 5.74) is 12.1. The maximum atomic E-state index is 5.39. The minimum Gasteiger partial charge on any atom is -0.397 e. The van der Waals surface area contributed by atoms with Gasteiger partial charge < -0.3 is 11.5 Å². The molecule has 1 aromatic rings. The van der Waals surface area contributed by atoms with Crippen LogP contribution in [0.25, 0.3) is 0 Å². The smallest absolute Gasteiger partial charge is 0.0547 e. The van der Waals surface area contributed by atoms with Gasteiger partial charge >= 0.3 is 0 Å². The van der Waals surface area contributed by atoms with Crippen LogP contribution in [0, 0.1) is 0 Å². The summed E-state index contributed by atoms with van der Waals surface area (Å²) in [7, 11) is 0. The van der Waals surface area contributed by atoms with Gasteiger partial charge in [-0.05, 0) is 12.1 Å². The molecule has 2 nitrogen and oxygen atoms in total. The minimum atomic E-state index is 0.646. The van der Waals surface area contributed by atoms with Gasteiger partial charge in [-0.1, -0.05) is 45.2 Å². The fourth-order valence-corrected chi connectivity index (χ4v) is 0.864. The van der Waals surface area contributed by atoms with Gasteiger partial charge in [-0.25, -0.2) is 0 Å². The van der Waals surface area contributed by atoms with E-state index in [4.69, 9.17) is 11.5 Å². The van der Waals surface area contributed by atoms with E-state index < -0.39 is 0 Å². The number of para-hydroxylation sites is 2. The predicted molar refractivity (Wildman–Crippen MR) is 60.5 cm³/mol. The number of nitrogen functional groups attached to an aromatic ring is 2. The Labute approximate surface area is 80.9 Å². The summed E-state index contributed by atoms with van der Waals surface area (Å²) in [6.45, 7) is 4.42. The van der Waals surface area contributed by atoms with Crippen molar-refractivity contribution in [3.63, 3.8) is 0 Å². The molecule has 0 aromatic heterocycles. The Balaban J connectivity index is 0.000000252. The van der Waals surface area contributed by atoms with Crippen LogP contribution < -0.4 is 11.5 Å². The lowest BCUT2D eigenvalue weighted by Gasteiger charge is -1.94. The van der Waals surface area contributed by atoms with E-state index in [9.17, 15) is 0 Å². The third kappa shape index (κ3) is 6.02. The Morgan fingerprint density at radius 2 is 1.31 bits per heavy atom. The van der Waals surface area contributed by atoms with Crippen LogP contribution in [0.4, 0.5) is 11.4 Å². The molecule has 74 valence electrons. The second kappa shape index (κ2) is 7.47. The normalized spacial score (nSPS) is 8.77. The van der Waals surface area contributed by atoms with Crippen LogP contribution in [0.15, 0.2) is 24.3 Å². The highest BCUT2D eigenvalue weighted by molar-refractivity contribution is 5.62. The van der Waals surface area contributed by atoms with Crippen molar-refractivity contribution in [1.29, 1.82) is 0 Å². The maximum absolute atomic E-state index is 5.39. The third-order valence-corrected chi connectivity index (χ3v) is 1.70.